The van der Waals surface area contributed by atoms with Crippen molar-refractivity contribution in [3.63, 3.8) is 0 Å². The minimum Gasteiger partial charge on any atom is -0.493 e. The number of ether oxygens (including phenoxy) is 2. The summed E-state index contributed by atoms with van der Waals surface area (Å²) in [5.74, 6) is -2.59. The van der Waals surface area contributed by atoms with Crippen molar-refractivity contribution in [3.8, 4) is 11.5 Å². The highest BCUT2D eigenvalue weighted by molar-refractivity contribution is 6.35. The van der Waals surface area contributed by atoms with Crippen molar-refractivity contribution in [2.24, 2.45) is 5.10 Å². The normalized spacial score (nSPS) is 11.5. The number of methoxy groups -OCH3 is 1. The molecule has 0 saturated heterocycles. The summed E-state index contributed by atoms with van der Waals surface area (Å²) in [5, 5.41) is 8.75. The summed E-state index contributed by atoms with van der Waals surface area (Å²) in [6.45, 7) is 3.20. The molecular weight excluding hydrogens is 455 g/mol. The molecule has 0 unspecified atom stereocenters. The Morgan fingerprint density at radius 1 is 1.21 bits per heavy atom. The van der Waals surface area contributed by atoms with Crippen LogP contribution >= 0.6 is 11.6 Å². The number of hydrazone groups is 1. The molecule has 176 valence electrons. The number of anilines is 1. The molecule has 9 nitrogen and oxygen atoms in total. The quantitative estimate of drug-likeness (QED) is 0.291. The van der Waals surface area contributed by atoms with E-state index in [2.05, 4.69) is 21.2 Å². The average molecular weight is 479 g/mol. The lowest BCUT2D eigenvalue weighted by Crippen LogP contribution is -2.41. The fourth-order valence-corrected chi connectivity index (χ4v) is 2.72. The number of hydrogen-bond donors (Lipinski definition) is 3. The third kappa shape index (κ3) is 7.76. The number of para-hydroxylation sites is 1. The van der Waals surface area contributed by atoms with E-state index in [1.54, 1.807) is 13.0 Å². The van der Waals surface area contributed by atoms with Crippen molar-refractivity contribution < 1.29 is 28.2 Å². The van der Waals surface area contributed by atoms with Gasteiger partial charge in [0.2, 0.25) is 0 Å². The van der Waals surface area contributed by atoms with Gasteiger partial charge in [-0.2, -0.15) is 5.10 Å². The van der Waals surface area contributed by atoms with Gasteiger partial charge in [-0.1, -0.05) is 30.7 Å². The average Bonchev–Trinajstić information content (AvgIpc) is 2.79. The number of hydrogen-bond acceptors (Lipinski definition) is 6. The first-order valence-corrected chi connectivity index (χ1v) is 10.3. The van der Waals surface area contributed by atoms with E-state index in [1.165, 1.54) is 43.7 Å². The van der Waals surface area contributed by atoms with Crippen LogP contribution in [0.3, 0.4) is 0 Å². The van der Waals surface area contributed by atoms with Crippen molar-refractivity contribution in [2.45, 2.75) is 26.3 Å². The van der Waals surface area contributed by atoms with Crippen LogP contribution in [0, 0.1) is 5.82 Å². The SMILES string of the molecule is CC[C@@H](C)NC(=O)C(=O)N/N=C\c1cc(Cl)c(OCC(=O)Nc2ccccc2F)c(OC)c1. The first kappa shape index (κ1) is 25.6. The van der Waals surface area contributed by atoms with Gasteiger partial charge in [-0.15, -0.1) is 0 Å². The van der Waals surface area contributed by atoms with Crippen LogP contribution in [0.1, 0.15) is 25.8 Å². The minimum atomic E-state index is -0.912. The zero-order valence-electron chi connectivity index (χ0n) is 18.3. The zero-order chi connectivity index (χ0) is 24.4. The lowest BCUT2D eigenvalue weighted by molar-refractivity contribution is -0.139. The van der Waals surface area contributed by atoms with E-state index in [9.17, 15) is 18.8 Å². The number of benzene rings is 2. The summed E-state index contributed by atoms with van der Waals surface area (Å²) < 4.78 is 24.3. The topological polar surface area (TPSA) is 118 Å². The number of nitrogens with one attached hydrogen (secondary N) is 3. The minimum absolute atomic E-state index is 0.0237. The fraction of sp³-hybridized carbons (Fsp3) is 0.273. The molecule has 0 aliphatic carbocycles. The fourth-order valence-electron chi connectivity index (χ4n) is 2.45. The predicted molar refractivity (Wildman–Crippen MR) is 122 cm³/mol. The van der Waals surface area contributed by atoms with E-state index >= 15 is 0 Å². The second kappa shape index (κ2) is 12.4. The summed E-state index contributed by atoms with van der Waals surface area (Å²) in [6, 6.07) is 8.55. The molecule has 0 heterocycles. The van der Waals surface area contributed by atoms with Crippen LogP contribution < -0.4 is 25.5 Å². The Labute approximate surface area is 195 Å². The number of carbonyl (C=O) groups is 3. The Balaban J connectivity index is 2.00. The van der Waals surface area contributed by atoms with Crippen molar-refractivity contribution in [1.82, 2.24) is 10.7 Å². The van der Waals surface area contributed by atoms with E-state index < -0.39 is 30.1 Å². The molecule has 0 saturated carbocycles. The molecular formula is C22H24ClFN4O5. The van der Waals surface area contributed by atoms with Gasteiger partial charge in [0.1, 0.15) is 5.82 Å². The molecule has 3 N–H and O–H groups in total. The Hall–Kier alpha value is -3.66. The highest BCUT2D eigenvalue weighted by Crippen LogP contribution is 2.36. The van der Waals surface area contributed by atoms with Crippen LogP contribution in [0.4, 0.5) is 10.1 Å². The second-order valence-electron chi connectivity index (χ2n) is 6.83. The molecule has 0 radical (unpaired) electrons. The van der Waals surface area contributed by atoms with E-state index in [0.717, 1.165) is 0 Å². The molecule has 0 aliphatic heterocycles. The van der Waals surface area contributed by atoms with Gasteiger partial charge in [-0.05, 0) is 43.2 Å². The summed E-state index contributed by atoms with van der Waals surface area (Å²) in [5.41, 5.74) is 2.58. The van der Waals surface area contributed by atoms with Crippen LogP contribution in [0.25, 0.3) is 0 Å². The first-order valence-electron chi connectivity index (χ1n) is 9.93. The Bertz CT molecular complexity index is 1050. The van der Waals surface area contributed by atoms with Crippen LogP contribution in [0.15, 0.2) is 41.5 Å². The van der Waals surface area contributed by atoms with E-state index in [4.69, 9.17) is 21.1 Å². The molecule has 2 rings (SSSR count). The number of rotatable bonds is 9. The van der Waals surface area contributed by atoms with Gasteiger partial charge in [0.05, 0.1) is 24.0 Å². The van der Waals surface area contributed by atoms with E-state index in [1.807, 2.05) is 6.92 Å². The number of nitrogens with zero attached hydrogens (tertiary/aromatic N) is 1. The lowest BCUT2D eigenvalue weighted by Gasteiger charge is -2.13. The van der Waals surface area contributed by atoms with Crippen LogP contribution in [-0.4, -0.2) is 43.7 Å². The highest BCUT2D eigenvalue weighted by Gasteiger charge is 2.16. The van der Waals surface area contributed by atoms with E-state index in [-0.39, 0.29) is 28.3 Å². The Kier molecular flexibility index (Phi) is 9.62. The summed E-state index contributed by atoms with van der Waals surface area (Å²) in [6.07, 6.45) is 1.94. The smallest absolute Gasteiger partial charge is 0.329 e. The summed E-state index contributed by atoms with van der Waals surface area (Å²) in [4.78, 5) is 35.5. The number of halogens is 2. The van der Waals surface area contributed by atoms with Gasteiger partial charge in [0.15, 0.2) is 18.1 Å². The third-order valence-electron chi connectivity index (χ3n) is 4.32. The number of carbonyl (C=O) groups excluding carboxylic acids is 3. The largest absolute Gasteiger partial charge is 0.493 e. The molecule has 3 amide bonds. The third-order valence-corrected chi connectivity index (χ3v) is 4.60. The molecule has 0 fully saturated rings. The maximum absolute atomic E-state index is 13.7. The Morgan fingerprint density at radius 2 is 1.94 bits per heavy atom. The molecule has 11 heteroatoms. The lowest BCUT2D eigenvalue weighted by atomic mass is 10.2. The van der Waals surface area contributed by atoms with Gasteiger partial charge < -0.3 is 20.1 Å². The molecule has 1 atom stereocenters. The van der Waals surface area contributed by atoms with Crippen molar-refractivity contribution in [2.75, 3.05) is 19.0 Å². The molecule has 33 heavy (non-hydrogen) atoms. The summed E-state index contributed by atoms with van der Waals surface area (Å²) >= 11 is 6.24. The monoisotopic (exact) mass is 478 g/mol. The molecule has 0 spiro atoms. The highest BCUT2D eigenvalue weighted by atomic mass is 35.5. The second-order valence-corrected chi connectivity index (χ2v) is 7.24. The Morgan fingerprint density at radius 3 is 2.61 bits per heavy atom. The molecule has 2 aromatic rings. The maximum atomic E-state index is 13.7. The molecule has 0 aliphatic rings. The van der Waals surface area contributed by atoms with Crippen LogP contribution in [0.5, 0.6) is 11.5 Å². The van der Waals surface area contributed by atoms with Crippen molar-refractivity contribution in [1.29, 1.82) is 0 Å². The van der Waals surface area contributed by atoms with Gasteiger partial charge in [0, 0.05) is 6.04 Å². The van der Waals surface area contributed by atoms with Gasteiger partial charge in [-0.25, -0.2) is 9.82 Å². The molecule has 2 aromatic carbocycles. The van der Waals surface area contributed by atoms with Gasteiger partial charge in [-0.3, -0.25) is 14.4 Å². The molecule has 0 aromatic heterocycles. The van der Waals surface area contributed by atoms with Crippen molar-refractivity contribution in [3.05, 3.63) is 52.8 Å². The standard InChI is InChI=1S/C22H24ClFN4O5/c1-4-13(2)26-21(30)22(31)28-25-11-14-9-15(23)20(18(10-14)32-3)33-12-19(29)27-17-8-6-5-7-16(17)24/h5-11,13H,4,12H2,1-3H3,(H,26,30)(H,27,29)(H,28,31)/b25-11-/t13-/m1/s1. The zero-order valence-corrected chi connectivity index (χ0v) is 19.0. The van der Waals surface area contributed by atoms with Crippen LogP contribution in [-0.2, 0) is 14.4 Å². The first-order chi connectivity index (χ1) is 15.7. The predicted octanol–water partition coefficient (Wildman–Crippen LogP) is 2.87. The molecule has 0 bridgehead atoms. The van der Waals surface area contributed by atoms with Gasteiger partial charge in [0.25, 0.3) is 5.91 Å². The van der Waals surface area contributed by atoms with Crippen LogP contribution in [0.2, 0.25) is 5.02 Å². The van der Waals surface area contributed by atoms with Gasteiger partial charge >= 0.3 is 11.8 Å². The maximum Gasteiger partial charge on any atom is 0.329 e. The van der Waals surface area contributed by atoms with E-state index in [0.29, 0.717) is 12.0 Å². The van der Waals surface area contributed by atoms with Crippen molar-refractivity contribution >= 4 is 41.2 Å². The number of amides is 3. The summed E-state index contributed by atoms with van der Waals surface area (Å²) in [7, 11) is 1.37.